The molecule has 1 heterocycles. The van der Waals surface area contributed by atoms with Gasteiger partial charge in [-0.3, -0.25) is 0 Å². The van der Waals surface area contributed by atoms with Crippen LogP contribution in [0.15, 0.2) is 66.9 Å². The predicted molar refractivity (Wildman–Crippen MR) is 188 cm³/mol. The summed E-state index contributed by atoms with van der Waals surface area (Å²) in [6, 6.07) is 21.2. The van der Waals surface area contributed by atoms with Crippen molar-refractivity contribution in [1.29, 1.82) is 0 Å². The second-order valence-electron chi connectivity index (χ2n) is 13.7. The van der Waals surface area contributed by atoms with E-state index < -0.39 is 5.60 Å². The molecule has 1 amide bonds. The van der Waals surface area contributed by atoms with Gasteiger partial charge in [0.25, 0.3) is 0 Å². The highest BCUT2D eigenvalue weighted by molar-refractivity contribution is 6.30. The lowest BCUT2D eigenvalue weighted by molar-refractivity contribution is 0.0487. The number of halogens is 1. The molecule has 0 bridgehead atoms. The maximum atomic E-state index is 12.2. The monoisotopic (exact) mass is 645 g/mol. The summed E-state index contributed by atoms with van der Waals surface area (Å²) in [6.07, 6.45) is 8.09. The van der Waals surface area contributed by atoms with Crippen molar-refractivity contribution in [3.8, 4) is 11.5 Å². The van der Waals surface area contributed by atoms with Crippen LogP contribution in [0.4, 0.5) is 16.2 Å². The lowest BCUT2D eigenvalue weighted by Gasteiger charge is -2.36. The number of hydrogen-bond donors (Lipinski definition) is 1. The van der Waals surface area contributed by atoms with Gasteiger partial charge >= 0.3 is 6.09 Å². The number of amides is 1. The first-order chi connectivity index (χ1) is 21.9. The minimum absolute atomic E-state index is 0.0182. The fourth-order valence-corrected chi connectivity index (χ4v) is 6.56. The molecule has 0 aromatic heterocycles. The van der Waals surface area contributed by atoms with Crippen LogP contribution in [0.1, 0.15) is 83.0 Å². The van der Waals surface area contributed by atoms with Crippen LogP contribution >= 0.6 is 11.6 Å². The van der Waals surface area contributed by atoms with E-state index in [1.807, 2.05) is 46.8 Å². The summed E-state index contributed by atoms with van der Waals surface area (Å²) >= 11 is 6.30. The van der Waals surface area contributed by atoms with Crippen molar-refractivity contribution in [3.63, 3.8) is 0 Å². The van der Waals surface area contributed by atoms with Crippen LogP contribution in [0.25, 0.3) is 6.08 Å². The fraction of sp³-hybridized carbons (Fsp3) is 0.447. The van der Waals surface area contributed by atoms with E-state index in [0.717, 1.165) is 66.1 Å². The van der Waals surface area contributed by atoms with Crippen molar-refractivity contribution < 1.29 is 19.0 Å². The molecule has 8 heteroatoms. The Labute approximate surface area is 279 Å². The molecule has 1 atom stereocenters. The molecule has 0 spiro atoms. The summed E-state index contributed by atoms with van der Waals surface area (Å²) in [7, 11) is 3.84. The fourth-order valence-electron chi connectivity index (χ4n) is 6.43. The van der Waals surface area contributed by atoms with Crippen LogP contribution in [0, 0.1) is 5.92 Å². The second kappa shape index (κ2) is 14.3. The number of carbonyl (C=O) groups is 1. The largest absolute Gasteiger partial charge is 0.493 e. The zero-order valence-corrected chi connectivity index (χ0v) is 28.9. The third-order valence-corrected chi connectivity index (χ3v) is 8.85. The lowest BCUT2D eigenvalue weighted by Crippen LogP contribution is -2.41. The number of benzene rings is 3. The van der Waals surface area contributed by atoms with Gasteiger partial charge in [-0.15, -0.1) is 0 Å². The van der Waals surface area contributed by atoms with Gasteiger partial charge in [-0.1, -0.05) is 23.7 Å². The standard InChI is InChI=1S/C38H48ClN3O4/c1-25(2)45-35-23-33-28(22-34(35)44-7)20-21-42(36(33)27-10-12-29(39)13-11-27)32-18-16-31(17-19-32)41(6)24-26-8-14-30(15-9-26)40-37(43)46-38(3,4)5/h10-13,16-23,25-26,30,36H,8-9,14-15,24H2,1-7H3,(H,40,43)/t26?,30?,36-/m0/s1. The van der Waals surface area contributed by atoms with E-state index in [1.54, 1.807) is 7.11 Å². The predicted octanol–water partition coefficient (Wildman–Crippen LogP) is 9.24. The number of hydrogen-bond acceptors (Lipinski definition) is 6. The Bertz CT molecular complexity index is 1510. The zero-order valence-electron chi connectivity index (χ0n) is 28.2. The molecule has 46 heavy (non-hydrogen) atoms. The number of rotatable bonds is 9. The maximum Gasteiger partial charge on any atom is 0.407 e. The Morgan fingerprint density at radius 2 is 1.67 bits per heavy atom. The number of nitrogens with zero attached hydrogens (tertiary/aromatic N) is 2. The van der Waals surface area contributed by atoms with Gasteiger partial charge in [0, 0.05) is 42.2 Å². The van der Waals surface area contributed by atoms with Crippen molar-refractivity contribution in [2.45, 2.75) is 84.1 Å². The molecule has 1 N–H and O–H groups in total. The van der Waals surface area contributed by atoms with Crippen molar-refractivity contribution in [2.24, 2.45) is 5.92 Å². The first-order valence-corrected chi connectivity index (χ1v) is 16.7. The zero-order chi connectivity index (χ0) is 33.0. The molecule has 1 aliphatic carbocycles. The van der Waals surface area contributed by atoms with E-state index in [0.29, 0.717) is 10.9 Å². The lowest BCUT2D eigenvalue weighted by atomic mass is 9.85. The average Bonchev–Trinajstić information content (AvgIpc) is 3.00. The van der Waals surface area contributed by atoms with Gasteiger partial charge in [0.05, 0.1) is 19.3 Å². The Kier molecular flexibility index (Phi) is 10.4. The van der Waals surface area contributed by atoms with E-state index in [1.165, 1.54) is 5.69 Å². The van der Waals surface area contributed by atoms with Gasteiger partial charge < -0.3 is 29.3 Å². The SMILES string of the molecule is COc1cc2c(cc1OC(C)C)[C@H](c1ccc(Cl)cc1)N(c1ccc(N(C)CC3CCC(NC(=O)OC(C)(C)C)CC3)cc1)C=C2. The first-order valence-electron chi connectivity index (χ1n) is 16.3. The summed E-state index contributed by atoms with van der Waals surface area (Å²) in [5.74, 6) is 2.04. The molecular weight excluding hydrogens is 598 g/mol. The van der Waals surface area contributed by atoms with Crippen LogP contribution in [0.2, 0.25) is 5.02 Å². The van der Waals surface area contributed by atoms with Crippen molar-refractivity contribution >= 4 is 35.1 Å². The third-order valence-electron chi connectivity index (χ3n) is 8.59. The van der Waals surface area contributed by atoms with E-state index in [-0.39, 0.29) is 24.3 Å². The first kappa shape index (κ1) is 33.5. The van der Waals surface area contributed by atoms with Crippen LogP contribution in [-0.4, -0.2) is 44.5 Å². The quantitative estimate of drug-likeness (QED) is 0.250. The summed E-state index contributed by atoms with van der Waals surface area (Å²) < 4.78 is 17.3. The topological polar surface area (TPSA) is 63.3 Å². The molecule has 3 aromatic rings. The minimum atomic E-state index is -0.481. The highest BCUT2D eigenvalue weighted by Crippen LogP contribution is 2.44. The molecule has 1 aliphatic heterocycles. The highest BCUT2D eigenvalue weighted by Gasteiger charge is 2.29. The summed E-state index contributed by atoms with van der Waals surface area (Å²) in [6.45, 7) is 10.7. The molecule has 246 valence electrons. The molecule has 0 unspecified atom stereocenters. The van der Waals surface area contributed by atoms with Gasteiger partial charge in [-0.2, -0.15) is 0 Å². The Morgan fingerprint density at radius 1 is 1.00 bits per heavy atom. The molecule has 5 rings (SSSR count). The Hall–Kier alpha value is -3.84. The molecule has 0 radical (unpaired) electrons. The summed E-state index contributed by atoms with van der Waals surface area (Å²) in [4.78, 5) is 16.9. The minimum Gasteiger partial charge on any atom is -0.493 e. The Balaban J connectivity index is 1.30. The molecule has 1 fully saturated rings. The van der Waals surface area contributed by atoms with E-state index in [2.05, 4.69) is 83.0 Å². The summed E-state index contributed by atoms with van der Waals surface area (Å²) in [5.41, 5.74) is 5.16. The van der Waals surface area contributed by atoms with Gasteiger partial charge in [-0.05, 0) is 138 Å². The van der Waals surface area contributed by atoms with Crippen LogP contribution < -0.4 is 24.6 Å². The van der Waals surface area contributed by atoms with Gasteiger partial charge in [0.2, 0.25) is 0 Å². The Morgan fingerprint density at radius 3 is 2.28 bits per heavy atom. The van der Waals surface area contributed by atoms with Crippen LogP contribution in [-0.2, 0) is 4.74 Å². The maximum absolute atomic E-state index is 12.2. The molecule has 0 saturated heterocycles. The number of fused-ring (bicyclic) bond motifs is 1. The third kappa shape index (κ3) is 8.30. The molecule has 2 aliphatic rings. The molecule has 3 aromatic carbocycles. The number of anilines is 2. The highest BCUT2D eigenvalue weighted by atomic mass is 35.5. The number of nitrogens with one attached hydrogen (secondary N) is 1. The van der Waals surface area contributed by atoms with Gasteiger partial charge in [-0.25, -0.2) is 4.79 Å². The van der Waals surface area contributed by atoms with Crippen LogP contribution in [0.5, 0.6) is 11.5 Å². The van der Waals surface area contributed by atoms with Gasteiger partial charge in [0.1, 0.15) is 5.60 Å². The van der Waals surface area contributed by atoms with E-state index in [9.17, 15) is 4.79 Å². The van der Waals surface area contributed by atoms with Crippen molar-refractivity contribution in [2.75, 3.05) is 30.5 Å². The smallest absolute Gasteiger partial charge is 0.407 e. The van der Waals surface area contributed by atoms with Crippen molar-refractivity contribution in [3.05, 3.63) is 88.6 Å². The molecule has 1 saturated carbocycles. The van der Waals surface area contributed by atoms with Gasteiger partial charge in [0.15, 0.2) is 11.5 Å². The number of alkyl carbamates (subject to hydrolysis) is 1. The van der Waals surface area contributed by atoms with E-state index in [4.69, 9.17) is 25.8 Å². The summed E-state index contributed by atoms with van der Waals surface area (Å²) in [5, 5.41) is 3.76. The number of methoxy groups -OCH3 is 1. The van der Waals surface area contributed by atoms with Crippen molar-refractivity contribution in [1.82, 2.24) is 5.32 Å². The molecule has 7 nitrogen and oxygen atoms in total. The number of ether oxygens (including phenoxy) is 3. The number of carbonyl (C=O) groups excluding carboxylic acids is 1. The van der Waals surface area contributed by atoms with E-state index >= 15 is 0 Å². The average molecular weight is 646 g/mol. The van der Waals surface area contributed by atoms with Crippen LogP contribution in [0.3, 0.4) is 0 Å². The second-order valence-corrected chi connectivity index (χ2v) is 14.2. The normalized spacial score (nSPS) is 19.4. The molecular formula is C38H48ClN3O4.